The van der Waals surface area contributed by atoms with E-state index in [1.54, 1.807) is 66.7 Å². The summed E-state index contributed by atoms with van der Waals surface area (Å²) in [7, 11) is 0. The Kier molecular flexibility index (Phi) is 9.19. The lowest BCUT2D eigenvalue weighted by Crippen LogP contribution is -2.36. The fraction of sp³-hybridized carbons (Fsp3) is 0.179. The van der Waals surface area contributed by atoms with Gasteiger partial charge in [0.1, 0.15) is 11.4 Å². The molecule has 3 amide bonds. The number of nitrogens with zero attached hydrogens (tertiary/aromatic N) is 1. The Morgan fingerprint density at radius 1 is 0.789 bits per heavy atom. The number of rotatable bonds is 9. The summed E-state index contributed by atoms with van der Waals surface area (Å²) in [6, 6.07) is 20.9. The molecule has 10 heteroatoms. The average molecular weight is 642 g/mol. The number of nitrogens with one attached hydrogen (secondary N) is 3. The number of fused-ring (bicyclic) bond motifs is 1. The van der Waals surface area contributed by atoms with E-state index in [2.05, 4.69) is 54.8 Å². The van der Waals surface area contributed by atoms with E-state index in [4.69, 9.17) is 4.74 Å². The van der Waals surface area contributed by atoms with Crippen LogP contribution in [0.3, 0.4) is 0 Å². The molecule has 0 bridgehead atoms. The first-order valence-electron chi connectivity index (χ1n) is 12.1. The molecule has 0 atom stereocenters. The number of hydrogen-bond donors (Lipinski definition) is 3. The topological polar surface area (TPSA) is 101 Å². The highest BCUT2D eigenvalue weighted by Crippen LogP contribution is 2.24. The summed E-state index contributed by atoms with van der Waals surface area (Å²) in [6.45, 7) is 2.76. The van der Waals surface area contributed by atoms with Gasteiger partial charge in [-0.15, -0.1) is 0 Å². The molecule has 0 spiro atoms. The molecule has 3 aromatic carbocycles. The van der Waals surface area contributed by atoms with E-state index >= 15 is 0 Å². The van der Waals surface area contributed by atoms with Crippen LogP contribution in [0.4, 0.5) is 11.4 Å². The van der Waals surface area contributed by atoms with Crippen molar-refractivity contribution >= 4 is 71.9 Å². The number of halogens is 2. The van der Waals surface area contributed by atoms with Gasteiger partial charge in [0.2, 0.25) is 0 Å². The molecule has 4 aromatic rings. The van der Waals surface area contributed by atoms with Gasteiger partial charge in [-0.1, -0.05) is 51.6 Å². The number of amides is 3. The Balaban J connectivity index is 1.48. The molecule has 0 saturated heterocycles. The number of hydrogen-bond acceptors (Lipinski definition) is 4. The van der Waals surface area contributed by atoms with Crippen LogP contribution < -0.4 is 20.8 Å². The van der Waals surface area contributed by atoms with E-state index in [-0.39, 0.29) is 5.69 Å². The van der Waals surface area contributed by atoms with Crippen molar-refractivity contribution in [2.45, 2.75) is 26.2 Å². The number of carbonyl (C=O) groups excluding carboxylic acids is 3. The highest BCUT2D eigenvalue weighted by Gasteiger charge is 2.21. The third-order valence-electron chi connectivity index (χ3n) is 5.65. The molecule has 4 rings (SSSR count). The van der Waals surface area contributed by atoms with Crippen molar-refractivity contribution in [2.24, 2.45) is 0 Å². The van der Waals surface area contributed by atoms with E-state index in [9.17, 15) is 14.4 Å². The van der Waals surface area contributed by atoms with Gasteiger partial charge in [-0.25, -0.2) is 4.68 Å². The SMILES string of the molecule is CCCCCOc1ccc(NC(=O)C(=O)Nn2c(C(=O)Nc3ccc(Br)cc3)cc3cc(Br)ccc32)cc1. The average Bonchev–Trinajstić information content (AvgIpc) is 3.26. The quantitative estimate of drug-likeness (QED) is 0.140. The van der Waals surface area contributed by atoms with Gasteiger partial charge in [-0.3, -0.25) is 19.8 Å². The molecule has 0 unspecified atom stereocenters. The fourth-order valence-corrected chi connectivity index (χ4v) is 4.36. The molecule has 3 N–H and O–H groups in total. The standard InChI is InChI=1S/C28H26Br2N4O4/c1-2-3-4-15-38-23-12-10-22(11-13-23)32-27(36)28(37)33-34-24-14-7-20(30)16-18(24)17-25(34)26(35)31-21-8-5-19(29)6-9-21/h5-14,16-17H,2-4,15H2,1H3,(H,31,35)(H,32,36)(H,33,37). The monoisotopic (exact) mass is 640 g/mol. The lowest BCUT2D eigenvalue weighted by molar-refractivity contribution is -0.133. The third kappa shape index (κ3) is 7.02. The summed E-state index contributed by atoms with van der Waals surface area (Å²) in [5.74, 6) is -1.56. The minimum atomic E-state index is -0.928. The molecule has 0 aliphatic rings. The molecule has 0 aliphatic heterocycles. The first-order valence-corrected chi connectivity index (χ1v) is 13.7. The van der Waals surface area contributed by atoms with E-state index in [1.807, 2.05) is 6.07 Å². The maximum Gasteiger partial charge on any atom is 0.328 e. The van der Waals surface area contributed by atoms with Crippen molar-refractivity contribution in [2.75, 3.05) is 22.7 Å². The van der Waals surface area contributed by atoms with Gasteiger partial charge in [0, 0.05) is 25.7 Å². The van der Waals surface area contributed by atoms with Crippen molar-refractivity contribution < 1.29 is 19.1 Å². The van der Waals surface area contributed by atoms with E-state index < -0.39 is 17.7 Å². The van der Waals surface area contributed by atoms with Gasteiger partial charge in [-0.2, -0.15) is 0 Å². The maximum absolute atomic E-state index is 13.1. The minimum absolute atomic E-state index is 0.159. The number of unbranched alkanes of at least 4 members (excludes halogenated alkanes) is 2. The fourth-order valence-electron chi connectivity index (χ4n) is 3.72. The maximum atomic E-state index is 13.1. The number of aromatic nitrogens is 1. The normalized spacial score (nSPS) is 10.7. The number of ether oxygens (including phenoxy) is 1. The van der Waals surface area contributed by atoms with Crippen molar-refractivity contribution in [3.63, 3.8) is 0 Å². The Morgan fingerprint density at radius 3 is 2.16 bits per heavy atom. The van der Waals surface area contributed by atoms with Gasteiger partial charge in [0.15, 0.2) is 0 Å². The highest BCUT2D eigenvalue weighted by atomic mass is 79.9. The molecule has 8 nitrogen and oxygen atoms in total. The summed E-state index contributed by atoms with van der Waals surface area (Å²) >= 11 is 6.79. The Bertz CT molecular complexity index is 1450. The van der Waals surface area contributed by atoms with Crippen LogP contribution in [-0.2, 0) is 9.59 Å². The Morgan fingerprint density at radius 2 is 1.45 bits per heavy atom. The molecule has 0 aliphatic carbocycles. The Hall–Kier alpha value is -3.63. The van der Waals surface area contributed by atoms with Crippen LogP contribution in [0.15, 0.2) is 81.7 Å². The smallest absolute Gasteiger partial charge is 0.328 e. The number of anilines is 2. The van der Waals surface area contributed by atoms with E-state index in [0.29, 0.717) is 34.6 Å². The molecule has 1 heterocycles. The predicted molar refractivity (Wildman–Crippen MR) is 156 cm³/mol. The summed E-state index contributed by atoms with van der Waals surface area (Å²) in [4.78, 5) is 38.7. The van der Waals surface area contributed by atoms with Crippen LogP contribution in [0, 0.1) is 0 Å². The molecule has 0 radical (unpaired) electrons. The van der Waals surface area contributed by atoms with Gasteiger partial charge in [0.25, 0.3) is 5.91 Å². The second-order valence-electron chi connectivity index (χ2n) is 8.50. The zero-order chi connectivity index (χ0) is 27.1. The van der Waals surface area contributed by atoms with Crippen molar-refractivity contribution in [3.8, 4) is 5.75 Å². The summed E-state index contributed by atoms with van der Waals surface area (Å²) in [6.07, 6.45) is 3.19. The molecule has 0 fully saturated rings. The van der Waals surface area contributed by atoms with Gasteiger partial charge < -0.3 is 15.4 Å². The van der Waals surface area contributed by atoms with Crippen LogP contribution in [0.5, 0.6) is 5.75 Å². The van der Waals surface area contributed by atoms with Crippen LogP contribution in [0.1, 0.15) is 36.7 Å². The van der Waals surface area contributed by atoms with Gasteiger partial charge >= 0.3 is 11.8 Å². The predicted octanol–water partition coefficient (Wildman–Crippen LogP) is 6.70. The summed E-state index contributed by atoms with van der Waals surface area (Å²) < 4.78 is 8.68. The zero-order valence-electron chi connectivity index (χ0n) is 20.6. The molecule has 1 aromatic heterocycles. The van der Waals surface area contributed by atoms with Crippen molar-refractivity contribution in [1.82, 2.24) is 4.68 Å². The summed E-state index contributed by atoms with van der Waals surface area (Å²) in [5.41, 5.74) is 4.30. The molecule has 38 heavy (non-hydrogen) atoms. The largest absolute Gasteiger partial charge is 0.494 e. The summed E-state index contributed by atoms with van der Waals surface area (Å²) in [5, 5.41) is 6.09. The van der Waals surface area contributed by atoms with E-state index in [0.717, 1.165) is 28.2 Å². The molecular weight excluding hydrogens is 616 g/mol. The van der Waals surface area contributed by atoms with Crippen LogP contribution in [0.25, 0.3) is 10.9 Å². The molecule has 0 saturated carbocycles. The second-order valence-corrected chi connectivity index (χ2v) is 10.3. The van der Waals surface area contributed by atoms with Crippen LogP contribution >= 0.6 is 31.9 Å². The zero-order valence-corrected chi connectivity index (χ0v) is 23.8. The molecular formula is C28H26Br2N4O4. The first-order chi connectivity index (χ1) is 18.3. The molecule has 196 valence electrons. The number of benzene rings is 3. The Labute approximate surface area is 237 Å². The van der Waals surface area contributed by atoms with Gasteiger partial charge in [0.05, 0.1) is 12.1 Å². The first kappa shape index (κ1) is 27.4. The number of carbonyl (C=O) groups is 3. The lowest BCUT2D eigenvalue weighted by atomic mass is 10.2. The van der Waals surface area contributed by atoms with Crippen LogP contribution in [0.2, 0.25) is 0 Å². The highest BCUT2D eigenvalue weighted by molar-refractivity contribution is 9.10. The minimum Gasteiger partial charge on any atom is -0.494 e. The third-order valence-corrected chi connectivity index (χ3v) is 6.67. The lowest BCUT2D eigenvalue weighted by Gasteiger charge is -2.13. The second kappa shape index (κ2) is 12.7. The van der Waals surface area contributed by atoms with E-state index in [1.165, 1.54) is 4.68 Å². The van der Waals surface area contributed by atoms with Crippen molar-refractivity contribution in [3.05, 3.63) is 87.4 Å². The van der Waals surface area contributed by atoms with Crippen molar-refractivity contribution in [1.29, 1.82) is 0 Å². The van der Waals surface area contributed by atoms with Crippen LogP contribution in [-0.4, -0.2) is 29.0 Å². The van der Waals surface area contributed by atoms with Gasteiger partial charge in [-0.05, 0) is 79.2 Å².